The van der Waals surface area contributed by atoms with Gasteiger partial charge in [-0.25, -0.2) is 4.79 Å². The van der Waals surface area contributed by atoms with Crippen molar-refractivity contribution in [2.24, 2.45) is 0 Å². The number of nitrogens with one attached hydrogen (secondary N) is 2. The number of fused-ring (bicyclic) bond motifs is 1. The van der Waals surface area contributed by atoms with Crippen LogP contribution in [-0.2, 0) is 0 Å². The minimum Gasteiger partial charge on any atom is -0.306 e. The van der Waals surface area contributed by atoms with Gasteiger partial charge in [0.2, 0.25) is 0 Å². The number of aromatic nitrogens is 2. The molecule has 0 aliphatic rings. The molecule has 2 N–H and O–H groups in total. The van der Waals surface area contributed by atoms with Crippen molar-refractivity contribution in [2.75, 3.05) is 0 Å². The van der Waals surface area contributed by atoms with E-state index in [0.29, 0.717) is 10.9 Å². The first kappa shape index (κ1) is 6.36. The highest BCUT2D eigenvalue weighted by Crippen LogP contribution is 2.09. The Kier molecular flexibility index (Phi) is 1.19. The molecule has 0 aliphatic heterocycles. The molecule has 0 fully saturated rings. The van der Waals surface area contributed by atoms with Gasteiger partial charge in [-0.05, 0) is 0 Å². The van der Waals surface area contributed by atoms with E-state index >= 15 is 0 Å². The van der Waals surface area contributed by atoms with Crippen LogP contribution in [0.2, 0.25) is 0 Å². The van der Waals surface area contributed by atoms with Gasteiger partial charge in [0.15, 0.2) is 0 Å². The van der Waals surface area contributed by atoms with Crippen LogP contribution in [-0.4, -0.2) is 9.97 Å². The van der Waals surface area contributed by atoms with Crippen LogP contribution < -0.4 is 11.2 Å². The summed E-state index contributed by atoms with van der Waals surface area (Å²) in [6.07, 6.45) is 0. The van der Waals surface area contributed by atoms with Gasteiger partial charge in [-0.15, -0.1) is 11.3 Å². The van der Waals surface area contributed by atoms with E-state index in [1.807, 2.05) is 0 Å². The van der Waals surface area contributed by atoms with E-state index in [1.165, 1.54) is 11.3 Å². The van der Waals surface area contributed by atoms with Gasteiger partial charge in [-0.2, -0.15) is 0 Å². The molecule has 56 valence electrons. The van der Waals surface area contributed by atoms with Gasteiger partial charge in [0.05, 0.1) is 10.9 Å². The molecule has 0 radical (unpaired) electrons. The van der Waals surface area contributed by atoms with E-state index in [9.17, 15) is 9.59 Å². The molecule has 0 saturated heterocycles. The minimum absolute atomic E-state index is 0.329. The van der Waals surface area contributed by atoms with Crippen LogP contribution in [0.3, 0.4) is 0 Å². The summed E-state index contributed by atoms with van der Waals surface area (Å²) in [7, 11) is 0. The van der Waals surface area contributed by atoms with Crippen LogP contribution in [0.15, 0.2) is 20.3 Å². The third-order valence-corrected chi connectivity index (χ3v) is 2.13. The molecule has 2 aromatic rings. The Labute approximate surface area is 64.5 Å². The zero-order chi connectivity index (χ0) is 7.84. The summed E-state index contributed by atoms with van der Waals surface area (Å²) in [5, 5.41) is 3.96. The van der Waals surface area contributed by atoms with Gasteiger partial charge in [0, 0.05) is 10.8 Å². The summed E-state index contributed by atoms with van der Waals surface area (Å²) in [5.74, 6) is 0. The van der Waals surface area contributed by atoms with Crippen LogP contribution in [0.1, 0.15) is 0 Å². The second kappa shape index (κ2) is 2.06. The highest BCUT2D eigenvalue weighted by Gasteiger charge is 1.98. The molecule has 0 saturated carbocycles. The molecule has 0 atom stereocenters. The fraction of sp³-hybridized carbons (Fsp3) is 0. The smallest absolute Gasteiger partial charge is 0.306 e. The summed E-state index contributed by atoms with van der Waals surface area (Å²) < 4.78 is 0. The predicted molar refractivity (Wildman–Crippen MR) is 43.1 cm³/mol. The Bertz CT molecular complexity index is 493. The van der Waals surface area contributed by atoms with Crippen molar-refractivity contribution in [2.45, 2.75) is 0 Å². The van der Waals surface area contributed by atoms with Crippen LogP contribution in [0.5, 0.6) is 0 Å². The van der Waals surface area contributed by atoms with E-state index in [0.717, 1.165) is 0 Å². The number of rotatable bonds is 0. The second-order valence-corrected chi connectivity index (χ2v) is 2.85. The Hall–Kier alpha value is -1.36. The third-order valence-electron chi connectivity index (χ3n) is 1.38. The van der Waals surface area contributed by atoms with E-state index < -0.39 is 5.69 Å². The lowest BCUT2D eigenvalue weighted by Crippen LogP contribution is -2.20. The Morgan fingerprint density at radius 3 is 2.82 bits per heavy atom. The van der Waals surface area contributed by atoms with Gasteiger partial charge >= 0.3 is 5.69 Å². The van der Waals surface area contributed by atoms with E-state index in [4.69, 9.17) is 0 Å². The standard InChI is InChI=1S/C6H4N2O2S/c9-5-3-1-11-2-4(3)7-6(10)8-5/h1-2H,(H2,7,8,9,10). The molecule has 4 nitrogen and oxygen atoms in total. The van der Waals surface area contributed by atoms with Crippen molar-refractivity contribution in [1.82, 2.24) is 9.97 Å². The monoisotopic (exact) mass is 168 g/mol. The maximum absolute atomic E-state index is 11.0. The summed E-state index contributed by atoms with van der Waals surface area (Å²) in [6.45, 7) is 0. The number of H-pyrrole nitrogens is 2. The zero-order valence-corrected chi connectivity index (χ0v) is 6.20. The van der Waals surface area contributed by atoms with Crippen LogP contribution in [0.25, 0.3) is 10.9 Å². The number of aromatic amines is 2. The van der Waals surface area contributed by atoms with Crippen molar-refractivity contribution >= 4 is 22.2 Å². The van der Waals surface area contributed by atoms with Crippen molar-refractivity contribution < 1.29 is 0 Å². The molecule has 0 unspecified atom stereocenters. The largest absolute Gasteiger partial charge is 0.326 e. The molecule has 0 amide bonds. The number of hydrogen-bond donors (Lipinski definition) is 2. The fourth-order valence-electron chi connectivity index (χ4n) is 0.894. The average molecular weight is 168 g/mol. The molecule has 2 rings (SSSR count). The molecule has 2 heterocycles. The number of hydrogen-bond acceptors (Lipinski definition) is 3. The Morgan fingerprint density at radius 2 is 2.00 bits per heavy atom. The quantitative estimate of drug-likeness (QED) is 0.593. The lowest BCUT2D eigenvalue weighted by Gasteiger charge is -1.84. The molecular formula is C6H4N2O2S. The zero-order valence-electron chi connectivity index (χ0n) is 5.38. The Balaban J connectivity index is 3.15. The van der Waals surface area contributed by atoms with E-state index in [-0.39, 0.29) is 5.56 Å². The van der Waals surface area contributed by atoms with E-state index in [2.05, 4.69) is 9.97 Å². The third kappa shape index (κ3) is 0.894. The van der Waals surface area contributed by atoms with Gasteiger partial charge in [0.25, 0.3) is 5.56 Å². The molecule has 0 spiro atoms. The summed E-state index contributed by atoms with van der Waals surface area (Å²) >= 11 is 1.39. The number of thiophene rings is 1. The van der Waals surface area contributed by atoms with Crippen molar-refractivity contribution in [3.8, 4) is 0 Å². The maximum atomic E-state index is 11.0. The summed E-state index contributed by atoms with van der Waals surface area (Å²) in [4.78, 5) is 26.3. The molecule has 5 heteroatoms. The van der Waals surface area contributed by atoms with Gasteiger partial charge in [-0.3, -0.25) is 9.78 Å². The van der Waals surface area contributed by atoms with Crippen molar-refractivity contribution in [3.05, 3.63) is 31.6 Å². The van der Waals surface area contributed by atoms with Crippen molar-refractivity contribution in [3.63, 3.8) is 0 Å². The second-order valence-electron chi connectivity index (χ2n) is 2.11. The predicted octanol–water partition coefficient (Wildman–Crippen LogP) is 0.278. The lowest BCUT2D eigenvalue weighted by molar-refractivity contribution is 1.08. The molecule has 0 aromatic carbocycles. The van der Waals surface area contributed by atoms with Gasteiger partial charge in [0.1, 0.15) is 0 Å². The highest BCUT2D eigenvalue weighted by molar-refractivity contribution is 7.09. The molecular weight excluding hydrogens is 164 g/mol. The van der Waals surface area contributed by atoms with Crippen LogP contribution >= 0.6 is 11.3 Å². The summed E-state index contributed by atoms with van der Waals surface area (Å²) in [6, 6.07) is 0. The highest BCUT2D eigenvalue weighted by atomic mass is 32.1. The molecule has 11 heavy (non-hydrogen) atoms. The minimum atomic E-state index is -0.457. The fourth-order valence-corrected chi connectivity index (χ4v) is 1.65. The van der Waals surface area contributed by atoms with Crippen LogP contribution in [0.4, 0.5) is 0 Å². The van der Waals surface area contributed by atoms with E-state index in [1.54, 1.807) is 10.8 Å². The SMILES string of the molecule is O=c1[nH]c(=O)c2cscc2[nH]1. The molecule has 0 aliphatic carbocycles. The van der Waals surface area contributed by atoms with Crippen molar-refractivity contribution in [1.29, 1.82) is 0 Å². The van der Waals surface area contributed by atoms with Gasteiger partial charge in [-0.1, -0.05) is 0 Å². The first-order valence-corrected chi connectivity index (χ1v) is 3.90. The average Bonchev–Trinajstić information content (AvgIpc) is 2.34. The molecule has 2 aromatic heterocycles. The normalized spacial score (nSPS) is 10.5. The van der Waals surface area contributed by atoms with Crippen LogP contribution in [0, 0.1) is 0 Å². The lowest BCUT2D eigenvalue weighted by atomic mass is 10.4. The summed E-state index contributed by atoms with van der Waals surface area (Å²) in [5.41, 5.74) is -0.186. The first-order valence-electron chi connectivity index (χ1n) is 2.96. The maximum Gasteiger partial charge on any atom is 0.326 e. The topological polar surface area (TPSA) is 65.7 Å². The first-order chi connectivity index (χ1) is 5.27. The van der Waals surface area contributed by atoms with Gasteiger partial charge < -0.3 is 4.98 Å². The molecule has 0 bridgehead atoms. The Morgan fingerprint density at radius 1 is 1.18 bits per heavy atom.